The summed E-state index contributed by atoms with van der Waals surface area (Å²) in [5, 5.41) is 4.94. The third kappa shape index (κ3) is 3.05. The fraction of sp³-hybridized carbons (Fsp3) is 0.500. The molecule has 0 unspecified atom stereocenters. The molecule has 28 heavy (non-hydrogen) atoms. The molecule has 1 saturated heterocycles. The van der Waals surface area contributed by atoms with E-state index in [1.807, 2.05) is 37.2 Å². The zero-order valence-electron chi connectivity index (χ0n) is 16.7. The first-order valence-electron chi connectivity index (χ1n) is 9.71. The Morgan fingerprint density at radius 2 is 1.96 bits per heavy atom. The number of thiophene rings is 1. The van der Waals surface area contributed by atoms with E-state index in [0.717, 1.165) is 45.9 Å². The van der Waals surface area contributed by atoms with Crippen LogP contribution in [0.2, 0.25) is 0 Å². The first kappa shape index (κ1) is 18.9. The molecule has 1 fully saturated rings. The van der Waals surface area contributed by atoms with Crippen LogP contribution in [0.4, 0.5) is 0 Å². The summed E-state index contributed by atoms with van der Waals surface area (Å²) in [6.45, 7) is 9.93. The minimum Gasteiger partial charge on any atom is -0.338 e. The van der Waals surface area contributed by atoms with E-state index in [2.05, 4.69) is 5.10 Å². The van der Waals surface area contributed by atoms with Gasteiger partial charge in [0.1, 0.15) is 10.7 Å². The number of fused-ring (bicyclic) bond motifs is 1. The largest absolute Gasteiger partial charge is 0.338 e. The minimum absolute atomic E-state index is 0.0140. The van der Waals surface area contributed by atoms with Crippen LogP contribution in [0, 0.1) is 20.8 Å². The smallest absolute Gasteiger partial charge is 0.262 e. The van der Waals surface area contributed by atoms with Crippen molar-refractivity contribution in [3.63, 3.8) is 0 Å². The van der Waals surface area contributed by atoms with Gasteiger partial charge in [-0.05, 0) is 46.1 Å². The zero-order chi connectivity index (χ0) is 20.0. The quantitative estimate of drug-likeness (QED) is 0.678. The predicted molar refractivity (Wildman–Crippen MR) is 110 cm³/mol. The van der Waals surface area contributed by atoms with Crippen molar-refractivity contribution in [1.29, 1.82) is 0 Å². The number of rotatable bonds is 3. The average molecular weight is 400 g/mol. The molecule has 4 heterocycles. The highest BCUT2D eigenvalue weighted by molar-refractivity contribution is 7.18. The first-order valence-corrected chi connectivity index (χ1v) is 10.5. The second-order valence-electron chi connectivity index (χ2n) is 7.41. The van der Waals surface area contributed by atoms with Crippen molar-refractivity contribution in [3.8, 4) is 0 Å². The van der Waals surface area contributed by atoms with Crippen LogP contribution in [0.5, 0.6) is 0 Å². The highest BCUT2D eigenvalue weighted by Crippen LogP contribution is 2.29. The molecule has 0 bridgehead atoms. The summed E-state index contributed by atoms with van der Waals surface area (Å²) in [7, 11) is 0. The van der Waals surface area contributed by atoms with E-state index in [0.29, 0.717) is 18.7 Å². The van der Waals surface area contributed by atoms with Crippen LogP contribution in [0.3, 0.4) is 0 Å². The number of aryl methyl sites for hydroxylation is 4. The van der Waals surface area contributed by atoms with Gasteiger partial charge in [0, 0.05) is 36.8 Å². The third-order valence-electron chi connectivity index (χ3n) is 5.73. The molecule has 0 radical (unpaired) electrons. The number of nitrogens with zero attached hydrogens (tertiary/aromatic N) is 5. The van der Waals surface area contributed by atoms with Crippen molar-refractivity contribution in [1.82, 2.24) is 24.2 Å². The Morgan fingerprint density at radius 1 is 1.25 bits per heavy atom. The molecule has 3 aromatic rings. The molecule has 148 valence electrons. The van der Waals surface area contributed by atoms with Crippen LogP contribution in [-0.4, -0.2) is 43.2 Å². The number of carbonyl (C=O) groups is 1. The van der Waals surface area contributed by atoms with Gasteiger partial charge in [0.05, 0.1) is 17.1 Å². The topological polar surface area (TPSA) is 73.0 Å². The lowest BCUT2D eigenvalue weighted by Crippen LogP contribution is -2.41. The van der Waals surface area contributed by atoms with Gasteiger partial charge in [0.25, 0.3) is 11.5 Å². The number of carbonyl (C=O) groups excluding carboxylic acids is 1. The summed E-state index contributed by atoms with van der Waals surface area (Å²) in [5.41, 5.74) is 1.71. The number of likely N-dealkylation sites (tertiary alicyclic amines) is 1. The molecule has 1 aliphatic heterocycles. The molecule has 4 rings (SSSR count). The van der Waals surface area contributed by atoms with Crippen LogP contribution in [0.25, 0.3) is 10.2 Å². The minimum atomic E-state index is 0.0140. The standard InChI is InChI=1S/C20H25N5O2S/c1-5-24-11-15(10-21-24)19(26)23-8-6-16(7-9-23)25-14(4)22-18-17(20(25)27)12(2)13(3)28-18/h10-11,16H,5-9H2,1-4H3. The van der Waals surface area contributed by atoms with Gasteiger partial charge in [-0.25, -0.2) is 4.98 Å². The lowest BCUT2D eigenvalue weighted by atomic mass is 10.0. The van der Waals surface area contributed by atoms with Crippen LogP contribution in [-0.2, 0) is 6.54 Å². The Morgan fingerprint density at radius 3 is 2.61 bits per heavy atom. The predicted octanol–water partition coefficient (Wildman–Crippen LogP) is 3.08. The van der Waals surface area contributed by atoms with E-state index in [4.69, 9.17) is 4.98 Å². The van der Waals surface area contributed by atoms with Gasteiger partial charge < -0.3 is 4.90 Å². The van der Waals surface area contributed by atoms with Gasteiger partial charge in [0.2, 0.25) is 0 Å². The SMILES string of the molecule is CCn1cc(C(=O)N2CCC(n3c(C)nc4sc(C)c(C)c4c3=O)CC2)cn1. The van der Waals surface area contributed by atoms with E-state index in [-0.39, 0.29) is 17.5 Å². The van der Waals surface area contributed by atoms with Crippen LogP contribution in [0.15, 0.2) is 17.2 Å². The third-order valence-corrected chi connectivity index (χ3v) is 6.83. The van der Waals surface area contributed by atoms with Crippen molar-refractivity contribution >= 4 is 27.5 Å². The fourth-order valence-electron chi connectivity index (χ4n) is 3.99. The molecule has 0 N–H and O–H groups in total. The zero-order valence-corrected chi connectivity index (χ0v) is 17.5. The summed E-state index contributed by atoms with van der Waals surface area (Å²) < 4.78 is 3.60. The molecule has 1 aliphatic rings. The Labute approximate surface area is 167 Å². The van der Waals surface area contributed by atoms with Crippen molar-refractivity contribution < 1.29 is 4.79 Å². The van der Waals surface area contributed by atoms with Gasteiger partial charge in [-0.15, -0.1) is 11.3 Å². The maximum absolute atomic E-state index is 13.2. The Hall–Kier alpha value is -2.48. The Balaban J connectivity index is 1.56. The molecule has 7 nitrogen and oxygen atoms in total. The van der Waals surface area contributed by atoms with E-state index in [1.54, 1.807) is 28.4 Å². The second-order valence-corrected chi connectivity index (χ2v) is 8.61. The van der Waals surface area contributed by atoms with Gasteiger partial charge in [-0.3, -0.25) is 18.8 Å². The molecule has 0 aliphatic carbocycles. The van der Waals surface area contributed by atoms with Gasteiger partial charge >= 0.3 is 0 Å². The van der Waals surface area contributed by atoms with Crippen molar-refractivity contribution in [3.05, 3.63) is 44.6 Å². The summed E-state index contributed by atoms with van der Waals surface area (Å²) >= 11 is 1.58. The summed E-state index contributed by atoms with van der Waals surface area (Å²) in [5.74, 6) is 0.771. The Bertz CT molecular complexity index is 1100. The normalized spacial score (nSPS) is 15.5. The molecule has 0 atom stereocenters. The van der Waals surface area contributed by atoms with Crippen LogP contribution in [0.1, 0.15) is 52.4 Å². The molecule has 3 aromatic heterocycles. The van der Waals surface area contributed by atoms with Crippen LogP contribution < -0.4 is 5.56 Å². The van der Waals surface area contributed by atoms with Gasteiger partial charge in [0.15, 0.2) is 0 Å². The maximum Gasteiger partial charge on any atom is 0.262 e. The molecule has 0 saturated carbocycles. The van der Waals surface area contributed by atoms with Crippen LogP contribution >= 0.6 is 11.3 Å². The van der Waals surface area contributed by atoms with Crippen molar-refractivity contribution in [2.75, 3.05) is 13.1 Å². The number of hydrogen-bond donors (Lipinski definition) is 0. The number of hydrogen-bond acceptors (Lipinski definition) is 5. The van der Waals surface area contributed by atoms with Gasteiger partial charge in [-0.1, -0.05) is 0 Å². The van der Waals surface area contributed by atoms with Gasteiger partial charge in [-0.2, -0.15) is 5.10 Å². The maximum atomic E-state index is 13.2. The van der Waals surface area contributed by atoms with E-state index in [9.17, 15) is 9.59 Å². The monoisotopic (exact) mass is 399 g/mol. The second kappa shape index (κ2) is 7.16. The molecular weight excluding hydrogens is 374 g/mol. The van der Waals surface area contributed by atoms with E-state index < -0.39 is 0 Å². The molecule has 1 amide bonds. The molecule has 0 spiro atoms. The van der Waals surface area contributed by atoms with E-state index in [1.165, 1.54) is 0 Å². The lowest BCUT2D eigenvalue weighted by Gasteiger charge is -2.33. The van der Waals surface area contributed by atoms with Crippen molar-refractivity contribution in [2.24, 2.45) is 0 Å². The number of aromatic nitrogens is 4. The number of amides is 1. The molecule has 8 heteroatoms. The number of piperidine rings is 1. The average Bonchev–Trinajstić information content (AvgIpc) is 3.26. The molecular formula is C20H25N5O2S. The Kier molecular flexibility index (Phi) is 4.82. The van der Waals surface area contributed by atoms with Crippen molar-refractivity contribution in [2.45, 2.75) is 53.1 Å². The highest BCUT2D eigenvalue weighted by atomic mass is 32.1. The lowest BCUT2D eigenvalue weighted by molar-refractivity contribution is 0.0692. The summed E-state index contributed by atoms with van der Waals surface area (Å²) in [6.07, 6.45) is 4.93. The summed E-state index contributed by atoms with van der Waals surface area (Å²) in [6, 6.07) is 0.0754. The highest BCUT2D eigenvalue weighted by Gasteiger charge is 2.28. The summed E-state index contributed by atoms with van der Waals surface area (Å²) in [4.78, 5) is 34.4. The first-order chi connectivity index (χ1) is 13.4. The fourth-order valence-corrected chi connectivity index (χ4v) is 5.06. The van der Waals surface area contributed by atoms with E-state index >= 15 is 0 Å². The molecule has 0 aromatic carbocycles.